The number of benzene rings is 1. The van der Waals surface area contributed by atoms with E-state index in [4.69, 9.17) is 0 Å². The van der Waals surface area contributed by atoms with Crippen molar-refractivity contribution in [3.63, 3.8) is 0 Å². The van der Waals surface area contributed by atoms with Gasteiger partial charge in [-0.2, -0.15) is 0 Å². The zero-order valence-corrected chi connectivity index (χ0v) is 16.6. The minimum Gasteiger partial charge on any atom is -0.336 e. The molecule has 146 valence electrons. The van der Waals surface area contributed by atoms with E-state index in [0.717, 1.165) is 13.1 Å². The predicted octanol–water partition coefficient (Wildman–Crippen LogP) is 3.60. The van der Waals surface area contributed by atoms with Crippen molar-refractivity contribution >= 4 is 35.7 Å². The maximum atomic E-state index is 12.4. The molecule has 1 saturated heterocycles. The first-order valence-electron chi connectivity index (χ1n) is 9.13. The molecular formula is C19H31ClN4O2. The van der Waals surface area contributed by atoms with Crippen molar-refractivity contribution in [1.82, 2.24) is 10.6 Å². The Morgan fingerprint density at radius 3 is 2.38 bits per heavy atom. The molecule has 0 radical (unpaired) electrons. The highest BCUT2D eigenvalue weighted by Crippen LogP contribution is 2.25. The smallest absolute Gasteiger partial charge is 0.319 e. The zero-order valence-electron chi connectivity index (χ0n) is 15.8. The summed E-state index contributed by atoms with van der Waals surface area (Å²) in [4.78, 5) is 24.3. The first-order valence-corrected chi connectivity index (χ1v) is 9.13. The number of para-hydroxylation sites is 2. The molecule has 0 aromatic heterocycles. The summed E-state index contributed by atoms with van der Waals surface area (Å²) in [6.07, 6.45) is 2.84. The normalized spacial score (nSPS) is 17.8. The van der Waals surface area contributed by atoms with Crippen molar-refractivity contribution in [2.24, 2.45) is 11.8 Å². The van der Waals surface area contributed by atoms with Crippen LogP contribution in [-0.4, -0.2) is 31.1 Å². The van der Waals surface area contributed by atoms with E-state index < -0.39 is 0 Å². The van der Waals surface area contributed by atoms with Crippen LogP contribution in [0.4, 0.5) is 16.2 Å². The molecule has 0 bridgehead atoms. The molecule has 2 unspecified atom stereocenters. The van der Waals surface area contributed by atoms with Gasteiger partial charge in [-0.3, -0.25) is 4.79 Å². The van der Waals surface area contributed by atoms with Crippen molar-refractivity contribution < 1.29 is 9.59 Å². The summed E-state index contributed by atoms with van der Waals surface area (Å²) in [5.74, 6) is 0.860. The van der Waals surface area contributed by atoms with Crippen molar-refractivity contribution in [2.45, 2.75) is 46.1 Å². The Kier molecular flexibility index (Phi) is 9.44. The number of urea groups is 1. The van der Waals surface area contributed by atoms with Gasteiger partial charge in [0, 0.05) is 12.5 Å². The molecule has 3 amide bonds. The highest BCUT2D eigenvalue weighted by atomic mass is 35.5. The van der Waals surface area contributed by atoms with Gasteiger partial charge in [-0.1, -0.05) is 19.1 Å². The molecule has 1 aliphatic heterocycles. The number of amides is 3. The number of halogens is 1. The van der Waals surface area contributed by atoms with Crippen LogP contribution in [0.1, 0.15) is 40.0 Å². The fourth-order valence-corrected chi connectivity index (χ4v) is 3.15. The van der Waals surface area contributed by atoms with Crippen LogP contribution < -0.4 is 21.3 Å². The molecule has 1 fully saturated rings. The number of hydrogen-bond donors (Lipinski definition) is 4. The summed E-state index contributed by atoms with van der Waals surface area (Å²) in [7, 11) is 0. The number of carbonyl (C=O) groups is 2. The van der Waals surface area contributed by atoms with E-state index in [9.17, 15) is 9.59 Å². The van der Waals surface area contributed by atoms with E-state index in [1.54, 1.807) is 12.1 Å². The van der Waals surface area contributed by atoms with E-state index in [-0.39, 0.29) is 30.4 Å². The fraction of sp³-hybridized carbons (Fsp3) is 0.579. The van der Waals surface area contributed by atoms with Gasteiger partial charge < -0.3 is 21.3 Å². The molecule has 0 spiro atoms. The number of carbonyl (C=O) groups excluding carboxylic acids is 2. The second-order valence-electron chi connectivity index (χ2n) is 7.13. The van der Waals surface area contributed by atoms with E-state index in [1.807, 2.05) is 26.0 Å². The Bertz CT molecular complexity index is 589. The summed E-state index contributed by atoms with van der Waals surface area (Å²) < 4.78 is 0. The summed E-state index contributed by atoms with van der Waals surface area (Å²) in [6, 6.07) is 7.02. The van der Waals surface area contributed by atoms with Crippen molar-refractivity contribution in [2.75, 3.05) is 23.7 Å². The predicted molar refractivity (Wildman–Crippen MR) is 109 cm³/mol. The third kappa shape index (κ3) is 7.22. The molecule has 1 aliphatic rings. The lowest BCUT2D eigenvalue weighted by Gasteiger charge is -2.28. The Hall–Kier alpha value is -1.79. The highest BCUT2D eigenvalue weighted by molar-refractivity contribution is 5.99. The second-order valence-corrected chi connectivity index (χ2v) is 7.13. The number of rotatable bonds is 6. The van der Waals surface area contributed by atoms with Crippen LogP contribution in [0.15, 0.2) is 24.3 Å². The molecule has 2 atom stereocenters. The monoisotopic (exact) mass is 382 g/mol. The van der Waals surface area contributed by atoms with Gasteiger partial charge >= 0.3 is 6.03 Å². The van der Waals surface area contributed by atoms with Gasteiger partial charge in [0.1, 0.15) is 0 Å². The van der Waals surface area contributed by atoms with Gasteiger partial charge in [0.25, 0.3) is 0 Å². The fourth-order valence-electron chi connectivity index (χ4n) is 3.15. The van der Waals surface area contributed by atoms with Gasteiger partial charge in [-0.25, -0.2) is 4.79 Å². The first-order chi connectivity index (χ1) is 12.0. The van der Waals surface area contributed by atoms with Crippen molar-refractivity contribution in [1.29, 1.82) is 0 Å². The van der Waals surface area contributed by atoms with Crippen molar-refractivity contribution in [3.8, 4) is 0 Å². The molecule has 2 rings (SSSR count). The molecule has 1 aromatic rings. The van der Waals surface area contributed by atoms with E-state index >= 15 is 0 Å². The Morgan fingerprint density at radius 2 is 1.81 bits per heavy atom. The number of anilines is 2. The number of hydrogen-bond acceptors (Lipinski definition) is 3. The van der Waals surface area contributed by atoms with Gasteiger partial charge in [-0.05, 0) is 63.7 Å². The van der Waals surface area contributed by atoms with Crippen LogP contribution in [0.5, 0.6) is 0 Å². The number of piperidine rings is 1. The van der Waals surface area contributed by atoms with Gasteiger partial charge in [0.05, 0.1) is 11.4 Å². The maximum Gasteiger partial charge on any atom is 0.319 e. The quantitative estimate of drug-likeness (QED) is 0.606. The largest absolute Gasteiger partial charge is 0.336 e. The highest BCUT2D eigenvalue weighted by Gasteiger charge is 2.22. The molecule has 7 heteroatoms. The first kappa shape index (κ1) is 22.3. The molecule has 1 heterocycles. The average Bonchev–Trinajstić information content (AvgIpc) is 2.56. The minimum atomic E-state index is -0.279. The van der Waals surface area contributed by atoms with Gasteiger partial charge in [0.2, 0.25) is 5.91 Å². The third-order valence-electron chi connectivity index (χ3n) is 4.52. The summed E-state index contributed by atoms with van der Waals surface area (Å²) >= 11 is 0. The van der Waals surface area contributed by atoms with Crippen molar-refractivity contribution in [3.05, 3.63) is 24.3 Å². The summed E-state index contributed by atoms with van der Waals surface area (Å²) in [5, 5.41) is 11.9. The van der Waals surface area contributed by atoms with Crippen LogP contribution in [0, 0.1) is 11.8 Å². The standard InChI is InChI=1S/C19H30N4O2.ClH/c1-13(2)21-19(25)23-17-9-5-4-8-16(17)22-18(24)11-14(3)15-7-6-10-20-12-15;/h4-5,8-9,13-15,20H,6-7,10-12H2,1-3H3,(H,22,24)(H2,21,23,25);1H. The minimum absolute atomic E-state index is 0. The maximum absolute atomic E-state index is 12.4. The lowest BCUT2D eigenvalue weighted by Crippen LogP contribution is -2.35. The summed E-state index contributed by atoms with van der Waals surface area (Å²) in [6.45, 7) is 8.00. The SMILES string of the molecule is CC(C)NC(=O)Nc1ccccc1NC(=O)CC(C)C1CCCNC1.Cl. The summed E-state index contributed by atoms with van der Waals surface area (Å²) in [5.41, 5.74) is 1.22. The Morgan fingerprint density at radius 1 is 1.15 bits per heavy atom. The van der Waals surface area contributed by atoms with E-state index in [2.05, 4.69) is 28.2 Å². The Balaban J connectivity index is 0.00000338. The third-order valence-corrected chi connectivity index (χ3v) is 4.52. The number of nitrogens with one attached hydrogen (secondary N) is 4. The van der Waals surface area contributed by atoms with Crippen LogP contribution in [0.2, 0.25) is 0 Å². The molecule has 0 saturated carbocycles. The van der Waals surface area contributed by atoms with E-state index in [0.29, 0.717) is 29.6 Å². The van der Waals surface area contributed by atoms with Gasteiger partial charge in [0.15, 0.2) is 0 Å². The molecule has 0 aliphatic carbocycles. The topological polar surface area (TPSA) is 82.3 Å². The Labute approximate surface area is 162 Å². The molecule has 6 nitrogen and oxygen atoms in total. The lowest BCUT2D eigenvalue weighted by atomic mass is 9.85. The molecule has 1 aromatic carbocycles. The van der Waals surface area contributed by atoms with Crippen LogP contribution in [0.3, 0.4) is 0 Å². The van der Waals surface area contributed by atoms with Crippen LogP contribution in [-0.2, 0) is 4.79 Å². The van der Waals surface area contributed by atoms with Gasteiger partial charge in [-0.15, -0.1) is 12.4 Å². The van der Waals surface area contributed by atoms with Crippen LogP contribution in [0.25, 0.3) is 0 Å². The van der Waals surface area contributed by atoms with E-state index in [1.165, 1.54) is 12.8 Å². The average molecular weight is 383 g/mol. The lowest BCUT2D eigenvalue weighted by molar-refractivity contribution is -0.117. The zero-order chi connectivity index (χ0) is 18.2. The molecule has 26 heavy (non-hydrogen) atoms. The second kappa shape index (κ2) is 11.0. The molecular weight excluding hydrogens is 352 g/mol. The molecule has 4 N–H and O–H groups in total. The van der Waals surface area contributed by atoms with Crippen LogP contribution >= 0.6 is 12.4 Å².